The first kappa shape index (κ1) is 22.0. The Labute approximate surface area is 203 Å². The number of H-pyrrole nitrogens is 1. The van der Waals surface area contributed by atoms with Crippen LogP contribution in [0, 0.1) is 5.92 Å². The largest absolute Gasteiger partial charge is 0.381 e. The summed E-state index contributed by atoms with van der Waals surface area (Å²) in [4.78, 5) is 23.0. The number of ether oxygens (including phenoxy) is 2. The fourth-order valence-electron chi connectivity index (χ4n) is 5.46. The molecule has 2 fully saturated rings. The number of nitrogens with one attached hydrogen (secondary N) is 2. The van der Waals surface area contributed by atoms with Crippen molar-refractivity contribution in [1.82, 2.24) is 20.2 Å². The van der Waals surface area contributed by atoms with Crippen molar-refractivity contribution in [2.45, 2.75) is 31.8 Å². The number of aromatic nitrogens is 2. The molecule has 7 nitrogen and oxygen atoms in total. The van der Waals surface area contributed by atoms with Gasteiger partial charge in [0.2, 0.25) is 5.91 Å². The zero-order chi connectivity index (χ0) is 23.1. The van der Waals surface area contributed by atoms with Gasteiger partial charge in [0, 0.05) is 62.1 Å². The van der Waals surface area contributed by atoms with E-state index in [0.29, 0.717) is 31.4 Å². The molecule has 2 aromatic heterocycles. The molecule has 0 bridgehead atoms. The molecule has 34 heavy (non-hydrogen) atoms. The van der Waals surface area contributed by atoms with Crippen LogP contribution in [0.5, 0.6) is 0 Å². The summed E-state index contributed by atoms with van der Waals surface area (Å²) >= 11 is 6.37. The molecule has 0 aliphatic carbocycles. The first-order valence-electron chi connectivity index (χ1n) is 12.1. The summed E-state index contributed by atoms with van der Waals surface area (Å²) in [6.07, 6.45) is 6.16. The summed E-state index contributed by atoms with van der Waals surface area (Å²) in [5.74, 6) is 0.353. The predicted octanol–water partition coefficient (Wildman–Crippen LogP) is 3.86. The van der Waals surface area contributed by atoms with Crippen molar-refractivity contribution < 1.29 is 14.3 Å². The van der Waals surface area contributed by atoms with Crippen LogP contribution >= 0.6 is 11.6 Å². The summed E-state index contributed by atoms with van der Waals surface area (Å²) in [6.45, 7) is 4.94. The Morgan fingerprint density at radius 2 is 2.00 bits per heavy atom. The Kier molecular flexibility index (Phi) is 6.03. The van der Waals surface area contributed by atoms with Crippen molar-refractivity contribution in [3.63, 3.8) is 0 Å². The van der Waals surface area contributed by atoms with E-state index in [2.05, 4.69) is 38.4 Å². The van der Waals surface area contributed by atoms with Crippen LogP contribution in [0.4, 0.5) is 0 Å². The highest BCUT2D eigenvalue weighted by Crippen LogP contribution is 2.35. The van der Waals surface area contributed by atoms with Gasteiger partial charge < -0.3 is 24.7 Å². The molecule has 1 aromatic carbocycles. The van der Waals surface area contributed by atoms with E-state index in [1.165, 1.54) is 16.7 Å². The minimum absolute atomic E-state index is 0.0815. The van der Waals surface area contributed by atoms with Crippen LogP contribution in [0.25, 0.3) is 22.2 Å². The second-order valence-electron chi connectivity index (χ2n) is 9.44. The lowest BCUT2D eigenvalue weighted by Crippen LogP contribution is -2.42. The zero-order valence-corrected chi connectivity index (χ0v) is 19.9. The second-order valence-corrected chi connectivity index (χ2v) is 9.85. The molecular weight excluding hydrogens is 452 g/mol. The number of rotatable bonds is 3. The average molecular weight is 481 g/mol. The lowest BCUT2D eigenvalue weighted by Gasteiger charge is -2.36. The van der Waals surface area contributed by atoms with Crippen molar-refractivity contribution >= 4 is 28.5 Å². The first-order chi connectivity index (χ1) is 16.7. The van der Waals surface area contributed by atoms with E-state index >= 15 is 0 Å². The van der Waals surface area contributed by atoms with Crippen LogP contribution < -0.4 is 5.32 Å². The van der Waals surface area contributed by atoms with E-state index < -0.39 is 0 Å². The summed E-state index contributed by atoms with van der Waals surface area (Å²) in [7, 11) is 0. The van der Waals surface area contributed by atoms with E-state index in [-0.39, 0.29) is 17.9 Å². The third-order valence-electron chi connectivity index (χ3n) is 7.37. The fraction of sp³-hybridized carbons (Fsp3) is 0.462. The lowest BCUT2D eigenvalue weighted by molar-refractivity contribution is -0.139. The maximum absolute atomic E-state index is 13.3. The van der Waals surface area contributed by atoms with Crippen LogP contribution in [-0.4, -0.2) is 60.3 Å². The normalized spacial score (nSPS) is 21.6. The number of morpholine rings is 1. The topological polar surface area (TPSA) is 79.5 Å². The van der Waals surface area contributed by atoms with Gasteiger partial charge in [-0.25, -0.2) is 4.98 Å². The molecule has 3 aromatic rings. The third kappa shape index (κ3) is 4.11. The lowest BCUT2D eigenvalue weighted by atomic mass is 9.86. The van der Waals surface area contributed by atoms with E-state index in [4.69, 9.17) is 21.1 Å². The maximum atomic E-state index is 13.3. The smallest absolute Gasteiger partial charge is 0.226 e. The second kappa shape index (κ2) is 9.30. The quantitative estimate of drug-likeness (QED) is 0.595. The number of benzene rings is 1. The van der Waals surface area contributed by atoms with E-state index in [0.717, 1.165) is 61.1 Å². The number of amides is 1. The van der Waals surface area contributed by atoms with Gasteiger partial charge in [-0.3, -0.25) is 4.79 Å². The molecule has 5 heterocycles. The fourth-order valence-corrected chi connectivity index (χ4v) is 5.66. The molecule has 3 aliphatic heterocycles. The molecule has 178 valence electrons. The monoisotopic (exact) mass is 480 g/mol. The molecule has 1 amide bonds. The van der Waals surface area contributed by atoms with Crippen molar-refractivity contribution in [2.24, 2.45) is 5.92 Å². The zero-order valence-electron chi connectivity index (χ0n) is 19.1. The Morgan fingerprint density at radius 1 is 1.12 bits per heavy atom. The molecular formula is C26H29ClN4O3. The molecule has 0 spiro atoms. The number of halogens is 1. The number of fused-ring (bicyclic) bond motifs is 2. The first-order valence-corrected chi connectivity index (χ1v) is 12.5. The minimum Gasteiger partial charge on any atom is -0.381 e. The highest BCUT2D eigenvalue weighted by atomic mass is 35.5. The van der Waals surface area contributed by atoms with Crippen molar-refractivity contribution in [2.75, 3.05) is 39.5 Å². The molecule has 0 unspecified atom stereocenters. The highest BCUT2D eigenvalue weighted by Gasteiger charge is 2.31. The summed E-state index contributed by atoms with van der Waals surface area (Å²) in [5.41, 5.74) is 6.73. The highest BCUT2D eigenvalue weighted by molar-refractivity contribution is 6.35. The van der Waals surface area contributed by atoms with Crippen LogP contribution in [0.2, 0.25) is 5.02 Å². The Balaban J connectivity index is 1.37. The molecule has 1 atom stereocenters. The number of hydrogen-bond donors (Lipinski definition) is 2. The number of hydrogen-bond acceptors (Lipinski definition) is 5. The van der Waals surface area contributed by atoms with Gasteiger partial charge in [-0.1, -0.05) is 17.7 Å². The summed E-state index contributed by atoms with van der Waals surface area (Å²) in [5, 5.41) is 5.21. The van der Waals surface area contributed by atoms with Crippen LogP contribution in [0.1, 0.15) is 35.6 Å². The number of pyridine rings is 1. The van der Waals surface area contributed by atoms with Gasteiger partial charge in [-0.05, 0) is 53.6 Å². The Bertz CT molecular complexity index is 1210. The molecule has 8 heteroatoms. The van der Waals surface area contributed by atoms with Crippen LogP contribution in [0.3, 0.4) is 0 Å². The summed E-state index contributed by atoms with van der Waals surface area (Å²) < 4.78 is 11.3. The van der Waals surface area contributed by atoms with Crippen molar-refractivity contribution in [3.05, 3.63) is 52.3 Å². The van der Waals surface area contributed by atoms with Gasteiger partial charge >= 0.3 is 0 Å². The van der Waals surface area contributed by atoms with Gasteiger partial charge in [-0.2, -0.15) is 0 Å². The number of carbonyl (C=O) groups is 1. The van der Waals surface area contributed by atoms with Gasteiger partial charge in [0.05, 0.1) is 24.3 Å². The van der Waals surface area contributed by atoms with E-state index in [1.54, 1.807) is 6.20 Å². The van der Waals surface area contributed by atoms with Crippen LogP contribution in [0.15, 0.2) is 30.6 Å². The van der Waals surface area contributed by atoms with Gasteiger partial charge in [-0.15, -0.1) is 0 Å². The molecule has 0 saturated carbocycles. The molecule has 2 saturated heterocycles. The van der Waals surface area contributed by atoms with Crippen LogP contribution in [-0.2, 0) is 27.2 Å². The van der Waals surface area contributed by atoms with Crippen molar-refractivity contribution in [3.8, 4) is 11.1 Å². The van der Waals surface area contributed by atoms with Crippen molar-refractivity contribution in [1.29, 1.82) is 0 Å². The molecule has 3 aliphatic rings. The maximum Gasteiger partial charge on any atom is 0.226 e. The molecule has 2 N–H and O–H groups in total. The molecule has 0 radical (unpaired) electrons. The SMILES string of the molecule is O=C(C1CCOCC1)N1CCc2cc(-c3cnc4[nH]cc(Cl)c4c3)cc([C@@H]3COCCN3)c2C1. The predicted molar refractivity (Wildman–Crippen MR) is 131 cm³/mol. The van der Waals surface area contributed by atoms with Gasteiger partial charge in [0.15, 0.2) is 0 Å². The van der Waals surface area contributed by atoms with Gasteiger partial charge in [0.1, 0.15) is 5.65 Å². The van der Waals surface area contributed by atoms with E-state index in [9.17, 15) is 4.79 Å². The number of aromatic amines is 1. The van der Waals surface area contributed by atoms with Gasteiger partial charge in [0.25, 0.3) is 0 Å². The number of carbonyl (C=O) groups excluding carboxylic acids is 1. The molecule has 6 rings (SSSR count). The average Bonchev–Trinajstić information content (AvgIpc) is 3.28. The third-order valence-corrected chi connectivity index (χ3v) is 7.68. The summed E-state index contributed by atoms with van der Waals surface area (Å²) in [6, 6.07) is 6.72. The Morgan fingerprint density at radius 3 is 2.82 bits per heavy atom. The number of nitrogens with zero attached hydrogens (tertiary/aromatic N) is 2. The minimum atomic E-state index is 0.0815. The van der Waals surface area contributed by atoms with E-state index in [1.807, 2.05) is 6.20 Å². The standard InChI is InChI=1S/C26H29ClN4O3/c27-23-13-30-25-21(23)11-19(12-29-25)18-9-17-1-5-31(26(32)16-2-6-33-7-3-16)14-22(17)20(10-18)24-15-34-8-4-28-24/h9-13,16,24,28H,1-8,14-15H2,(H,29,30)/t24-/m0/s1. The Hall–Kier alpha value is -2.45.